The van der Waals surface area contributed by atoms with E-state index in [1.165, 1.54) is 24.3 Å². The van der Waals surface area contributed by atoms with Crippen molar-refractivity contribution in [3.63, 3.8) is 0 Å². The smallest absolute Gasteiger partial charge is 0.0783 e. The van der Waals surface area contributed by atoms with Crippen molar-refractivity contribution in [3.8, 4) is 0 Å². The SMILES string of the molecule is CC1CC(C(N)C2CCOC3(CCSC3)C2)CO1. The molecule has 0 aromatic rings. The summed E-state index contributed by atoms with van der Waals surface area (Å²) in [5, 5.41) is 0. The Morgan fingerprint density at radius 2 is 2.28 bits per heavy atom. The molecule has 18 heavy (non-hydrogen) atoms. The van der Waals surface area contributed by atoms with Gasteiger partial charge in [0.2, 0.25) is 0 Å². The lowest BCUT2D eigenvalue weighted by atomic mass is 9.77. The molecule has 0 aliphatic carbocycles. The van der Waals surface area contributed by atoms with Crippen LogP contribution in [0, 0.1) is 11.8 Å². The van der Waals surface area contributed by atoms with Gasteiger partial charge in [0.25, 0.3) is 0 Å². The van der Waals surface area contributed by atoms with Gasteiger partial charge in [-0.3, -0.25) is 0 Å². The quantitative estimate of drug-likeness (QED) is 0.835. The molecule has 2 N–H and O–H groups in total. The normalized spacial score (nSPS) is 46.7. The van der Waals surface area contributed by atoms with Crippen LogP contribution in [0.15, 0.2) is 0 Å². The second-order valence-electron chi connectivity index (χ2n) is 6.30. The van der Waals surface area contributed by atoms with Gasteiger partial charge < -0.3 is 15.2 Å². The molecule has 5 unspecified atom stereocenters. The number of nitrogens with two attached hydrogens (primary N) is 1. The summed E-state index contributed by atoms with van der Waals surface area (Å²) in [7, 11) is 0. The maximum Gasteiger partial charge on any atom is 0.0783 e. The summed E-state index contributed by atoms with van der Waals surface area (Å²) in [6.45, 7) is 3.93. The highest BCUT2D eigenvalue weighted by molar-refractivity contribution is 7.99. The van der Waals surface area contributed by atoms with Gasteiger partial charge in [0.1, 0.15) is 0 Å². The van der Waals surface area contributed by atoms with E-state index >= 15 is 0 Å². The predicted octanol–water partition coefficient (Wildman–Crippen LogP) is 2.04. The molecule has 3 nitrogen and oxygen atoms in total. The lowest BCUT2D eigenvalue weighted by molar-refractivity contribution is -0.0860. The molecule has 0 radical (unpaired) electrons. The van der Waals surface area contributed by atoms with Crippen molar-refractivity contribution in [1.29, 1.82) is 0 Å². The highest BCUT2D eigenvalue weighted by atomic mass is 32.2. The van der Waals surface area contributed by atoms with Crippen LogP contribution in [0.3, 0.4) is 0 Å². The standard InChI is InChI=1S/C14H25NO2S/c1-10-6-12(8-16-10)13(15)11-2-4-17-14(7-11)3-5-18-9-14/h10-13H,2-9,15H2,1H3. The van der Waals surface area contributed by atoms with Gasteiger partial charge >= 0.3 is 0 Å². The third-order valence-corrected chi connectivity index (χ3v) is 6.14. The molecule has 3 aliphatic heterocycles. The molecule has 1 spiro atoms. The number of hydrogen-bond donors (Lipinski definition) is 1. The van der Waals surface area contributed by atoms with E-state index < -0.39 is 0 Å². The van der Waals surface area contributed by atoms with Crippen LogP contribution in [-0.2, 0) is 9.47 Å². The monoisotopic (exact) mass is 271 g/mol. The van der Waals surface area contributed by atoms with E-state index in [2.05, 4.69) is 6.92 Å². The Balaban J connectivity index is 1.61. The number of thioether (sulfide) groups is 1. The minimum atomic E-state index is 0.163. The van der Waals surface area contributed by atoms with E-state index in [1.807, 2.05) is 11.8 Å². The third kappa shape index (κ3) is 2.58. The van der Waals surface area contributed by atoms with Gasteiger partial charge in [-0.15, -0.1) is 0 Å². The molecule has 3 fully saturated rings. The molecular weight excluding hydrogens is 246 g/mol. The van der Waals surface area contributed by atoms with Crippen LogP contribution in [0.2, 0.25) is 0 Å². The zero-order valence-electron chi connectivity index (χ0n) is 11.3. The average Bonchev–Trinajstić information content (AvgIpc) is 2.98. The van der Waals surface area contributed by atoms with Crippen LogP contribution in [0.25, 0.3) is 0 Å². The number of ether oxygens (including phenoxy) is 2. The van der Waals surface area contributed by atoms with Gasteiger partial charge in [-0.2, -0.15) is 11.8 Å². The van der Waals surface area contributed by atoms with Crippen molar-refractivity contribution in [3.05, 3.63) is 0 Å². The predicted molar refractivity (Wildman–Crippen MR) is 74.8 cm³/mol. The van der Waals surface area contributed by atoms with E-state index in [4.69, 9.17) is 15.2 Å². The summed E-state index contributed by atoms with van der Waals surface area (Å²) >= 11 is 2.04. The summed E-state index contributed by atoms with van der Waals surface area (Å²) in [6.07, 6.45) is 5.07. The maximum absolute atomic E-state index is 6.52. The van der Waals surface area contributed by atoms with E-state index in [1.54, 1.807) is 0 Å². The first kappa shape index (κ1) is 13.2. The Hall–Kier alpha value is 0.230. The number of hydrogen-bond acceptors (Lipinski definition) is 4. The van der Waals surface area contributed by atoms with Gasteiger partial charge in [0.05, 0.1) is 18.3 Å². The van der Waals surface area contributed by atoms with Crippen molar-refractivity contribution in [2.24, 2.45) is 17.6 Å². The van der Waals surface area contributed by atoms with Crippen LogP contribution in [-0.4, -0.2) is 42.5 Å². The molecule has 3 aliphatic rings. The van der Waals surface area contributed by atoms with Gasteiger partial charge in [0, 0.05) is 24.3 Å². The second kappa shape index (κ2) is 5.31. The van der Waals surface area contributed by atoms with Crippen molar-refractivity contribution >= 4 is 11.8 Å². The van der Waals surface area contributed by atoms with Crippen LogP contribution in [0.1, 0.15) is 32.6 Å². The Morgan fingerprint density at radius 3 is 2.94 bits per heavy atom. The molecule has 0 bridgehead atoms. The fourth-order valence-electron chi connectivity index (χ4n) is 3.76. The molecule has 0 aromatic heterocycles. The minimum absolute atomic E-state index is 0.163. The van der Waals surface area contributed by atoms with Gasteiger partial charge in [-0.25, -0.2) is 0 Å². The van der Waals surface area contributed by atoms with E-state index in [-0.39, 0.29) is 5.60 Å². The van der Waals surface area contributed by atoms with Gasteiger partial charge in [-0.1, -0.05) is 0 Å². The van der Waals surface area contributed by atoms with Gasteiger partial charge in [0.15, 0.2) is 0 Å². The Morgan fingerprint density at radius 1 is 1.39 bits per heavy atom. The second-order valence-corrected chi connectivity index (χ2v) is 7.41. The van der Waals surface area contributed by atoms with Crippen LogP contribution in [0.5, 0.6) is 0 Å². The molecule has 0 aromatic carbocycles. The fourth-order valence-corrected chi connectivity index (χ4v) is 5.14. The van der Waals surface area contributed by atoms with E-state index in [9.17, 15) is 0 Å². The third-order valence-electron chi connectivity index (χ3n) is 4.92. The molecule has 0 saturated carbocycles. The Labute approximate surface area is 114 Å². The van der Waals surface area contributed by atoms with Crippen molar-refractivity contribution < 1.29 is 9.47 Å². The van der Waals surface area contributed by atoms with Crippen LogP contribution in [0.4, 0.5) is 0 Å². The first-order chi connectivity index (χ1) is 8.69. The first-order valence-corrected chi connectivity index (χ1v) is 8.43. The van der Waals surface area contributed by atoms with Crippen molar-refractivity contribution in [2.45, 2.75) is 50.4 Å². The lowest BCUT2D eigenvalue weighted by Gasteiger charge is -2.41. The highest BCUT2D eigenvalue weighted by Gasteiger charge is 2.43. The molecule has 3 heterocycles. The lowest BCUT2D eigenvalue weighted by Crippen LogP contribution is -2.48. The summed E-state index contributed by atoms with van der Waals surface area (Å²) < 4.78 is 11.8. The van der Waals surface area contributed by atoms with Crippen LogP contribution < -0.4 is 5.73 Å². The van der Waals surface area contributed by atoms with E-state index in [0.29, 0.717) is 24.0 Å². The van der Waals surface area contributed by atoms with Crippen molar-refractivity contribution in [1.82, 2.24) is 0 Å². The summed E-state index contributed by atoms with van der Waals surface area (Å²) in [5.74, 6) is 3.63. The molecule has 4 heteroatoms. The summed E-state index contributed by atoms with van der Waals surface area (Å²) in [6, 6.07) is 0.307. The molecule has 5 atom stereocenters. The van der Waals surface area contributed by atoms with Crippen LogP contribution >= 0.6 is 11.8 Å². The first-order valence-electron chi connectivity index (χ1n) is 7.27. The molecule has 104 valence electrons. The minimum Gasteiger partial charge on any atom is -0.378 e. The molecular formula is C14H25NO2S. The summed E-state index contributed by atoms with van der Waals surface area (Å²) in [4.78, 5) is 0. The largest absolute Gasteiger partial charge is 0.378 e. The average molecular weight is 271 g/mol. The molecule has 3 saturated heterocycles. The zero-order chi connectivity index (χ0) is 12.6. The Bertz CT molecular complexity index is 294. The highest BCUT2D eigenvalue weighted by Crippen LogP contribution is 2.42. The number of rotatable bonds is 2. The Kier molecular flexibility index (Phi) is 3.90. The summed E-state index contributed by atoms with van der Waals surface area (Å²) in [5.41, 5.74) is 6.69. The molecule has 3 rings (SSSR count). The fraction of sp³-hybridized carbons (Fsp3) is 1.00. The van der Waals surface area contributed by atoms with E-state index in [0.717, 1.165) is 26.1 Å². The molecule has 0 amide bonds. The van der Waals surface area contributed by atoms with Gasteiger partial charge in [-0.05, 0) is 44.3 Å². The maximum atomic E-state index is 6.52. The zero-order valence-corrected chi connectivity index (χ0v) is 12.1. The van der Waals surface area contributed by atoms with Crippen molar-refractivity contribution in [2.75, 3.05) is 24.7 Å². The topological polar surface area (TPSA) is 44.5 Å².